The molecule has 0 unspecified atom stereocenters. The van der Waals surface area contributed by atoms with Gasteiger partial charge in [0.1, 0.15) is 5.75 Å². The Bertz CT molecular complexity index is 746. The van der Waals surface area contributed by atoms with Crippen molar-refractivity contribution in [2.75, 3.05) is 17.3 Å². The van der Waals surface area contributed by atoms with Crippen molar-refractivity contribution in [2.24, 2.45) is 0 Å². The number of methoxy groups -OCH3 is 1. The van der Waals surface area contributed by atoms with E-state index in [4.69, 9.17) is 4.74 Å². The average Bonchev–Trinajstić information content (AvgIpc) is 2.83. The number of amides is 2. The molecule has 0 aliphatic carbocycles. The van der Waals surface area contributed by atoms with Crippen molar-refractivity contribution in [3.8, 4) is 5.75 Å². The second-order valence-electron chi connectivity index (χ2n) is 5.12. The summed E-state index contributed by atoms with van der Waals surface area (Å²) in [5, 5.41) is 2.13. The van der Waals surface area contributed by atoms with Gasteiger partial charge in [0.05, 0.1) is 18.5 Å². The maximum atomic E-state index is 12.6. The molecular weight excluding hydrogens is 312 g/mol. The summed E-state index contributed by atoms with van der Waals surface area (Å²) >= 11 is 0.966. The second kappa shape index (κ2) is 6.34. The van der Waals surface area contributed by atoms with E-state index in [9.17, 15) is 9.59 Å². The largest absolute Gasteiger partial charge is 0.495 e. The summed E-state index contributed by atoms with van der Waals surface area (Å²) in [6, 6.07) is 14.6. The van der Waals surface area contributed by atoms with Crippen LogP contribution in [0, 0.1) is 6.92 Å². The summed E-state index contributed by atoms with van der Waals surface area (Å²) in [6.07, 6.45) is 0. The van der Waals surface area contributed by atoms with Crippen LogP contribution < -0.4 is 15.0 Å². The molecule has 3 rings (SSSR count). The third kappa shape index (κ3) is 3.03. The molecule has 1 aliphatic heterocycles. The number of imide groups is 1. The molecule has 0 saturated carbocycles. The number of nitrogens with zero attached hydrogens (tertiary/aromatic N) is 1. The first-order valence-electron chi connectivity index (χ1n) is 7.11. The number of carbonyl (C=O) groups excluding carboxylic acids is 2. The lowest BCUT2D eigenvalue weighted by molar-refractivity contribution is -0.116. The molecule has 2 amide bonds. The van der Waals surface area contributed by atoms with Crippen LogP contribution in [0.15, 0.2) is 48.5 Å². The van der Waals surface area contributed by atoms with Crippen LogP contribution in [0.2, 0.25) is 0 Å². The third-order valence-electron chi connectivity index (χ3n) is 3.53. The number of thioether (sulfide) groups is 1. The SMILES string of the molecule is COc1ccccc1N[C@@H]1SC(=O)N(c2ccc(C)cc2)C1=O. The first-order valence-corrected chi connectivity index (χ1v) is 7.99. The minimum absolute atomic E-state index is 0.283. The number of anilines is 2. The highest BCUT2D eigenvalue weighted by molar-refractivity contribution is 8.16. The fourth-order valence-corrected chi connectivity index (χ4v) is 3.23. The van der Waals surface area contributed by atoms with E-state index in [0.717, 1.165) is 17.3 Å². The van der Waals surface area contributed by atoms with Crippen molar-refractivity contribution in [1.82, 2.24) is 0 Å². The average molecular weight is 328 g/mol. The summed E-state index contributed by atoms with van der Waals surface area (Å²) in [6.45, 7) is 1.96. The second-order valence-corrected chi connectivity index (χ2v) is 6.17. The number of aryl methyl sites for hydroxylation is 1. The molecule has 6 heteroatoms. The van der Waals surface area contributed by atoms with E-state index in [-0.39, 0.29) is 11.1 Å². The van der Waals surface area contributed by atoms with E-state index in [0.29, 0.717) is 17.1 Å². The minimum atomic E-state index is -0.667. The number of nitrogens with one attached hydrogen (secondary N) is 1. The number of para-hydroxylation sites is 2. The van der Waals surface area contributed by atoms with E-state index >= 15 is 0 Å². The zero-order valence-corrected chi connectivity index (χ0v) is 13.6. The van der Waals surface area contributed by atoms with E-state index < -0.39 is 5.37 Å². The third-order valence-corrected chi connectivity index (χ3v) is 4.47. The van der Waals surface area contributed by atoms with Gasteiger partial charge < -0.3 is 10.1 Å². The van der Waals surface area contributed by atoms with Gasteiger partial charge in [0.25, 0.3) is 11.1 Å². The van der Waals surface area contributed by atoms with Crippen LogP contribution in [0.1, 0.15) is 5.56 Å². The Labute approximate surface area is 138 Å². The number of hydrogen-bond acceptors (Lipinski definition) is 5. The van der Waals surface area contributed by atoms with Crippen molar-refractivity contribution in [1.29, 1.82) is 0 Å². The lowest BCUT2D eigenvalue weighted by Crippen LogP contribution is -2.34. The van der Waals surface area contributed by atoms with Gasteiger partial charge in [0, 0.05) is 0 Å². The molecule has 1 atom stereocenters. The highest BCUT2D eigenvalue weighted by Gasteiger charge is 2.40. The molecule has 0 aromatic heterocycles. The number of hydrogen-bond donors (Lipinski definition) is 1. The van der Waals surface area contributed by atoms with Crippen LogP contribution in [-0.2, 0) is 4.79 Å². The zero-order chi connectivity index (χ0) is 16.4. The first-order chi connectivity index (χ1) is 11.1. The molecule has 1 N–H and O–H groups in total. The van der Waals surface area contributed by atoms with Gasteiger partial charge in [-0.05, 0) is 43.0 Å². The summed E-state index contributed by atoms with van der Waals surface area (Å²) < 4.78 is 5.26. The smallest absolute Gasteiger partial charge is 0.295 e. The number of carbonyl (C=O) groups is 2. The lowest BCUT2D eigenvalue weighted by atomic mass is 10.2. The van der Waals surface area contributed by atoms with Gasteiger partial charge in [-0.1, -0.05) is 29.8 Å². The van der Waals surface area contributed by atoms with Crippen LogP contribution in [0.5, 0.6) is 5.75 Å². The van der Waals surface area contributed by atoms with Crippen LogP contribution >= 0.6 is 11.8 Å². The van der Waals surface area contributed by atoms with Gasteiger partial charge in [-0.15, -0.1) is 0 Å². The Balaban J connectivity index is 1.82. The fraction of sp³-hybridized carbons (Fsp3) is 0.176. The maximum absolute atomic E-state index is 12.6. The van der Waals surface area contributed by atoms with Gasteiger partial charge in [0.15, 0.2) is 5.37 Å². The van der Waals surface area contributed by atoms with Crippen LogP contribution in [0.25, 0.3) is 0 Å². The van der Waals surface area contributed by atoms with Crippen molar-refractivity contribution in [3.05, 3.63) is 54.1 Å². The van der Waals surface area contributed by atoms with Gasteiger partial charge in [-0.3, -0.25) is 9.59 Å². The molecule has 0 bridgehead atoms. The molecule has 1 aliphatic rings. The molecule has 23 heavy (non-hydrogen) atoms. The van der Waals surface area contributed by atoms with E-state index in [2.05, 4.69) is 5.32 Å². The van der Waals surface area contributed by atoms with Gasteiger partial charge in [0.2, 0.25) is 0 Å². The number of rotatable bonds is 4. The molecule has 118 valence electrons. The molecule has 1 saturated heterocycles. The Hall–Kier alpha value is -2.47. The highest BCUT2D eigenvalue weighted by Crippen LogP contribution is 2.34. The summed E-state index contributed by atoms with van der Waals surface area (Å²) in [4.78, 5) is 26.0. The van der Waals surface area contributed by atoms with Gasteiger partial charge >= 0.3 is 0 Å². The topological polar surface area (TPSA) is 58.6 Å². The predicted octanol–water partition coefficient (Wildman–Crippen LogP) is 3.64. The Morgan fingerprint density at radius 2 is 1.78 bits per heavy atom. The molecule has 1 fully saturated rings. The number of benzene rings is 2. The molecule has 0 spiro atoms. The standard InChI is InChI=1S/C17H16N2O3S/c1-11-7-9-12(10-8-11)19-16(20)15(23-17(19)21)18-13-5-3-4-6-14(13)22-2/h3-10,15,18H,1-2H3/t15-/m1/s1. The maximum Gasteiger partial charge on any atom is 0.295 e. The predicted molar refractivity (Wildman–Crippen MR) is 92.1 cm³/mol. The molecular formula is C17H16N2O3S. The molecule has 0 radical (unpaired) electrons. The first kappa shape index (κ1) is 15.4. The molecule has 5 nitrogen and oxygen atoms in total. The Kier molecular flexibility index (Phi) is 4.25. The zero-order valence-electron chi connectivity index (χ0n) is 12.8. The van der Waals surface area contributed by atoms with Gasteiger partial charge in [-0.25, -0.2) is 4.90 Å². The monoisotopic (exact) mass is 328 g/mol. The lowest BCUT2D eigenvalue weighted by Gasteiger charge is -2.16. The van der Waals surface area contributed by atoms with Crippen molar-refractivity contribution in [2.45, 2.75) is 12.3 Å². The van der Waals surface area contributed by atoms with Crippen LogP contribution in [0.3, 0.4) is 0 Å². The van der Waals surface area contributed by atoms with Crippen molar-refractivity contribution < 1.29 is 14.3 Å². The Morgan fingerprint density at radius 3 is 2.48 bits per heavy atom. The van der Waals surface area contributed by atoms with Crippen LogP contribution in [0.4, 0.5) is 16.2 Å². The highest BCUT2D eigenvalue weighted by atomic mass is 32.2. The molecule has 1 heterocycles. The molecule has 2 aromatic carbocycles. The minimum Gasteiger partial charge on any atom is -0.495 e. The quantitative estimate of drug-likeness (QED) is 0.928. The van der Waals surface area contributed by atoms with E-state index in [1.54, 1.807) is 25.3 Å². The Morgan fingerprint density at radius 1 is 1.09 bits per heavy atom. The fourth-order valence-electron chi connectivity index (χ4n) is 2.33. The van der Waals surface area contributed by atoms with Crippen molar-refractivity contribution >= 4 is 34.3 Å². The summed E-state index contributed by atoms with van der Waals surface area (Å²) in [5.41, 5.74) is 2.34. The van der Waals surface area contributed by atoms with Gasteiger partial charge in [-0.2, -0.15) is 0 Å². The molecule has 2 aromatic rings. The van der Waals surface area contributed by atoms with Crippen molar-refractivity contribution in [3.63, 3.8) is 0 Å². The van der Waals surface area contributed by atoms with Crippen LogP contribution in [-0.4, -0.2) is 23.6 Å². The summed E-state index contributed by atoms with van der Waals surface area (Å²) in [7, 11) is 1.56. The van der Waals surface area contributed by atoms with E-state index in [1.165, 1.54) is 4.90 Å². The summed E-state index contributed by atoms with van der Waals surface area (Å²) in [5.74, 6) is 0.344. The van der Waals surface area contributed by atoms with E-state index in [1.807, 2.05) is 37.3 Å². The number of ether oxygens (including phenoxy) is 1. The normalized spacial score (nSPS) is 17.5.